The molecular weight excluding hydrogens is 320 g/mol. The number of carbonyl (C=O) groups excluding carboxylic acids is 2. The molecule has 0 saturated heterocycles. The molecule has 1 aliphatic rings. The highest BCUT2D eigenvalue weighted by Crippen LogP contribution is 2.34. The number of hydrogen-bond acceptors (Lipinski definition) is 5. The molecule has 6 nitrogen and oxygen atoms in total. The zero-order valence-corrected chi connectivity index (χ0v) is 13.1. The van der Waals surface area contributed by atoms with Crippen molar-refractivity contribution in [1.82, 2.24) is 0 Å². The number of aryl methyl sites for hydroxylation is 1. The fourth-order valence-corrected chi connectivity index (χ4v) is 3.47. The third kappa shape index (κ3) is 2.62. The van der Waals surface area contributed by atoms with E-state index in [4.69, 9.17) is 4.74 Å². The van der Waals surface area contributed by atoms with Gasteiger partial charge in [-0.15, -0.1) is 0 Å². The van der Waals surface area contributed by atoms with Gasteiger partial charge in [0.15, 0.2) is 0 Å². The van der Waals surface area contributed by atoms with E-state index in [1.807, 2.05) is 6.92 Å². The molecule has 0 aliphatic carbocycles. The Morgan fingerprint density at radius 1 is 1.09 bits per heavy atom. The molecule has 2 aromatic carbocycles. The highest BCUT2D eigenvalue weighted by molar-refractivity contribution is 7.86. The summed E-state index contributed by atoms with van der Waals surface area (Å²) in [6.45, 7) is 2.01. The molecule has 2 aromatic rings. The van der Waals surface area contributed by atoms with Gasteiger partial charge < -0.3 is 4.74 Å². The smallest absolute Gasteiger partial charge is 0.346 e. The van der Waals surface area contributed by atoms with E-state index in [1.165, 1.54) is 6.07 Å². The van der Waals surface area contributed by atoms with Crippen molar-refractivity contribution in [2.45, 2.75) is 31.1 Å². The predicted octanol–water partition coefficient (Wildman–Crippen LogP) is 2.74. The van der Waals surface area contributed by atoms with Gasteiger partial charge in [-0.05, 0) is 42.7 Å². The maximum atomic E-state index is 12.0. The van der Waals surface area contributed by atoms with Gasteiger partial charge in [0, 0.05) is 10.8 Å². The van der Waals surface area contributed by atoms with E-state index in [-0.39, 0.29) is 26.8 Å². The van der Waals surface area contributed by atoms with Gasteiger partial charge >= 0.3 is 11.9 Å². The number of esters is 2. The summed E-state index contributed by atoms with van der Waals surface area (Å²) in [6, 6.07) is 5.61. The first-order valence-corrected chi connectivity index (χ1v) is 8.60. The molecule has 1 N–H and O–H groups in total. The second kappa shape index (κ2) is 5.43. The third-order valence-corrected chi connectivity index (χ3v) is 4.77. The lowest BCUT2D eigenvalue weighted by molar-refractivity contribution is 0.0391. The first-order valence-electron chi connectivity index (χ1n) is 7.16. The molecule has 0 bridgehead atoms. The van der Waals surface area contributed by atoms with Crippen LogP contribution in [0.3, 0.4) is 0 Å². The molecule has 0 atom stereocenters. The summed E-state index contributed by atoms with van der Waals surface area (Å²) in [6.07, 6.45) is 2.44. The van der Waals surface area contributed by atoms with E-state index in [1.54, 1.807) is 12.1 Å². The minimum Gasteiger partial charge on any atom is -0.386 e. The number of cyclic esters (lactones) is 2. The molecule has 1 heterocycles. The van der Waals surface area contributed by atoms with Crippen LogP contribution in [0.25, 0.3) is 10.8 Å². The molecule has 23 heavy (non-hydrogen) atoms. The van der Waals surface area contributed by atoms with Crippen molar-refractivity contribution in [3.05, 3.63) is 41.0 Å². The van der Waals surface area contributed by atoms with Crippen LogP contribution in [-0.2, 0) is 21.3 Å². The Morgan fingerprint density at radius 3 is 2.43 bits per heavy atom. The Bertz CT molecular complexity index is 943. The Kier molecular flexibility index (Phi) is 3.69. The van der Waals surface area contributed by atoms with E-state index >= 15 is 0 Å². The summed E-state index contributed by atoms with van der Waals surface area (Å²) in [4.78, 5) is 23.5. The lowest BCUT2D eigenvalue weighted by atomic mass is 9.93. The van der Waals surface area contributed by atoms with Crippen molar-refractivity contribution in [1.29, 1.82) is 0 Å². The van der Waals surface area contributed by atoms with E-state index in [0.29, 0.717) is 6.42 Å². The van der Waals surface area contributed by atoms with E-state index in [2.05, 4.69) is 0 Å². The normalized spacial score (nSPS) is 14.2. The zero-order chi connectivity index (χ0) is 16.8. The van der Waals surface area contributed by atoms with E-state index in [9.17, 15) is 22.6 Å². The molecule has 0 spiro atoms. The van der Waals surface area contributed by atoms with Crippen LogP contribution in [-0.4, -0.2) is 24.9 Å². The van der Waals surface area contributed by atoms with Gasteiger partial charge in [-0.25, -0.2) is 9.59 Å². The molecule has 0 fully saturated rings. The maximum absolute atomic E-state index is 12.0. The Morgan fingerprint density at radius 2 is 1.78 bits per heavy atom. The van der Waals surface area contributed by atoms with Crippen molar-refractivity contribution in [2.75, 3.05) is 0 Å². The van der Waals surface area contributed by atoms with Gasteiger partial charge in [0.25, 0.3) is 10.1 Å². The highest BCUT2D eigenvalue weighted by Gasteiger charge is 2.30. The van der Waals surface area contributed by atoms with Gasteiger partial charge in [-0.1, -0.05) is 13.3 Å². The molecule has 120 valence electrons. The van der Waals surface area contributed by atoms with E-state index < -0.39 is 22.1 Å². The van der Waals surface area contributed by atoms with Crippen molar-refractivity contribution >= 4 is 32.8 Å². The van der Waals surface area contributed by atoms with Crippen molar-refractivity contribution in [3.8, 4) is 0 Å². The first-order chi connectivity index (χ1) is 10.8. The fourth-order valence-electron chi connectivity index (χ4n) is 2.79. The Hall–Kier alpha value is -2.25. The number of unbranched alkanes of at least 4 members (excludes halogenated alkanes) is 1. The molecule has 0 amide bonds. The van der Waals surface area contributed by atoms with Crippen LogP contribution in [0.2, 0.25) is 0 Å². The number of rotatable bonds is 4. The minimum atomic E-state index is -4.48. The number of carbonyl (C=O) groups is 2. The third-order valence-electron chi connectivity index (χ3n) is 3.86. The Labute approximate surface area is 132 Å². The quantitative estimate of drug-likeness (QED) is 0.524. The Balaban J connectivity index is 2.41. The van der Waals surface area contributed by atoms with Crippen LogP contribution in [0.1, 0.15) is 46.0 Å². The zero-order valence-electron chi connectivity index (χ0n) is 12.3. The number of benzene rings is 2. The summed E-state index contributed by atoms with van der Waals surface area (Å²) in [5.74, 6) is -1.63. The van der Waals surface area contributed by atoms with Gasteiger partial charge in [-0.2, -0.15) is 8.42 Å². The molecule has 3 rings (SSSR count). The molecule has 0 aromatic heterocycles. The molecule has 7 heteroatoms. The minimum absolute atomic E-state index is 0.115. The topological polar surface area (TPSA) is 97.7 Å². The second-order valence-corrected chi connectivity index (χ2v) is 6.82. The second-order valence-electron chi connectivity index (χ2n) is 5.43. The summed E-state index contributed by atoms with van der Waals surface area (Å²) in [7, 11) is -4.48. The van der Waals surface area contributed by atoms with Crippen molar-refractivity contribution in [2.24, 2.45) is 0 Å². The molecular formula is C16H14O6S. The molecule has 0 radical (unpaired) electrons. The van der Waals surface area contributed by atoms with Crippen LogP contribution in [0.5, 0.6) is 0 Å². The van der Waals surface area contributed by atoms with Gasteiger partial charge in [-0.3, -0.25) is 4.55 Å². The lowest BCUT2D eigenvalue weighted by Gasteiger charge is -2.18. The van der Waals surface area contributed by atoms with E-state index in [0.717, 1.165) is 24.5 Å². The lowest BCUT2D eigenvalue weighted by Crippen LogP contribution is -2.20. The SMILES string of the molecule is CCCCc1cc2c3c(ccc(S(=O)(=O)O)c3c1)C(=O)OC2=O. The predicted molar refractivity (Wildman–Crippen MR) is 82.1 cm³/mol. The number of hydrogen-bond donors (Lipinski definition) is 1. The average molecular weight is 334 g/mol. The first kappa shape index (κ1) is 15.6. The van der Waals surface area contributed by atoms with Crippen LogP contribution in [0, 0.1) is 0 Å². The molecule has 0 saturated carbocycles. The van der Waals surface area contributed by atoms with Gasteiger partial charge in [0.1, 0.15) is 4.90 Å². The van der Waals surface area contributed by atoms with Crippen LogP contribution in [0.15, 0.2) is 29.2 Å². The van der Waals surface area contributed by atoms with Gasteiger partial charge in [0.05, 0.1) is 11.1 Å². The monoisotopic (exact) mass is 334 g/mol. The van der Waals surface area contributed by atoms with Crippen LogP contribution in [0.4, 0.5) is 0 Å². The highest BCUT2D eigenvalue weighted by atomic mass is 32.2. The summed E-state index contributed by atoms with van der Waals surface area (Å²) in [5.41, 5.74) is 1.01. The van der Waals surface area contributed by atoms with Crippen molar-refractivity contribution in [3.63, 3.8) is 0 Å². The average Bonchev–Trinajstić information content (AvgIpc) is 2.48. The fraction of sp³-hybridized carbons (Fsp3) is 0.250. The van der Waals surface area contributed by atoms with Gasteiger partial charge in [0.2, 0.25) is 0 Å². The summed E-state index contributed by atoms with van der Waals surface area (Å²) >= 11 is 0. The number of ether oxygens (including phenoxy) is 1. The largest absolute Gasteiger partial charge is 0.386 e. The molecule has 1 aliphatic heterocycles. The standard InChI is InChI=1S/C16H14O6S/c1-2-3-4-9-7-11-13(23(19,20)21)6-5-10-14(11)12(8-9)16(18)22-15(10)17/h5-8H,2-4H2,1H3,(H,19,20,21). The maximum Gasteiger partial charge on any atom is 0.346 e. The van der Waals surface area contributed by atoms with Crippen LogP contribution < -0.4 is 0 Å². The summed E-state index contributed by atoms with van der Waals surface area (Å²) < 4.78 is 37.4. The van der Waals surface area contributed by atoms with Crippen LogP contribution >= 0.6 is 0 Å². The summed E-state index contributed by atoms with van der Waals surface area (Å²) in [5, 5.41) is 0.375. The van der Waals surface area contributed by atoms with Crippen molar-refractivity contribution < 1.29 is 27.3 Å². The molecule has 0 unspecified atom stereocenters.